The molecule has 0 radical (unpaired) electrons. The molecule has 1 heterocycles. The zero-order valence-corrected chi connectivity index (χ0v) is 13.7. The number of methoxy groups -OCH3 is 1. The van der Waals surface area contributed by atoms with Gasteiger partial charge in [0.1, 0.15) is 0 Å². The molecule has 2 aromatic rings. The van der Waals surface area contributed by atoms with Gasteiger partial charge in [0.15, 0.2) is 0 Å². The van der Waals surface area contributed by atoms with E-state index in [4.69, 9.17) is 16.3 Å². The summed E-state index contributed by atoms with van der Waals surface area (Å²) in [6.07, 6.45) is 6.42. The third kappa shape index (κ3) is 4.09. The molecule has 1 aliphatic carbocycles. The average Bonchev–Trinajstić information content (AvgIpc) is 3.26. The van der Waals surface area contributed by atoms with Crippen molar-refractivity contribution in [1.82, 2.24) is 14.5 Å². The second-order valence-corrected chi connectivity index (χ2v) is 6.27. The first kappa shape index (κ1) is 15.5. The van der Waals surface area contributed by atoms with Crippen molar-refractivity contribution < 1.29 is 4.74 Å². The Morgan fingerprint density at radius 2 is 2.23 bits per heavy atom. The van der Waals surface area contributed by atoms with Gasteiger partial charge < -0.3 is 9.30 Å². The molecule has 0 atom stereocenters. The third-order valence-electron chi connectivity index (χ3n) is 4.04. The van der Waals surface area contributed by atoms with Gasteiger partial charge in [-0.05, 0) is 30.5 Å². The summed E-state index contributed by atoms with van der Waals surface area (Å²) < 4.78 is 7.34. The predicted molar refractivity (Wildman–Crippen MR) is 87.8 cm³/mol. The van der Waals surface area contributed by atoms with Crippen molar-refractivity contribution in [1.29, 1.82) is 0 Å². The minimum atomic E-state index is 0.685. The lowest BCUT2D eigenvalue weighted by molar-refractivity contribution is 0.183. The van der Waals surface area contributed by atoms with Gasteiger partial charge in [-0.3, -0.25) is 4.90 Å². The Kier molecular flexibility index (Phi) is 5.13. The Bertz CT molecular complexity index is 609. The standard InChI is InChI=1S/C17H22ClN3O/c1-22-8-7-20-13-19-10-17(20)12-21(16-5-6-16)11-14-3-2-4-15(18)9-14/h2-4,9-10,13,16H,5-8,11-12H2,1H3. The van der Waals surface area contributed by atoms with Crippen LogP contribution in [0.3, 0.4) is 0 Å². The van der Waals surface area contributed by atoms with Crippen molar-refractivity contribution in [3.8, 4) is 0 Å². The highest BCUT2D eigenvalue weighted by Gasteiger charge is 2.29. The van der Waals surface area contributed by atoms with Crippen LogP contribution in [0.2, 0.25) is 5.02 Å². The Morgan fingerprint density at radius 1 is 1.36 bits per heavy atom. The van der Waals surface area contributed by atoms with Gasteiger partial charge in [-0.1, -0.05) is 23.7 Å². The number of aromatic nitrogens is 2. The maximum atomic E-state index is 6.10. The van der Waals surface area contributed by atoms with Crippen molar-refractivity contribution in [3.05, 3.63) is 53.1 Å². The summed E-state index contributed by atoms with van der Waals surface area (Å²) >= 11 is 6.10. The van der Waals surface area contributed by atoms with Crippen LogP contribution in [-0.4, -0.2) is 34.2 Å². The van der Waals surface area contributed by atoms with E-state index in [-0.39, 0.29) is 0 Å². The smallest absolute Gasteiger partial charge is 0.0949 e. The van der Waals surface area contributed by atoms with E-state index in [1.807, 2.05) is 24.7 Å². The van der Waals surface area contributed by atoms with Crippen molar-refractivity contribution in [2.75, 3.05) is 13.7 Å². The number of imidazole rings is 1. The lowest BCUT2D eigenvalue weighted by atomic mass is 10.2. The molecule has 1 aliphatic rings. The molecule has 1 aromatic heterocycles. The number of hydrogen-bond donors (Lipinski definition) is 0. The fourth-order valence-electron chi connectivity index (χ4n) is 2.70. The van der Waals surface area contributed by atoms with E-state index < -0.39 is 0 Å². The Morgan fingerprint density at radius 3 is 2.95 bits per heavy atom. The molecular formula is C17H22ClN3O. The van der Waals surface area contributed by atoms with Gasteiger partial charge in [0.2, 0.25) is 0 Å². The first-order chi connectivity index (χ1) is 10.8. The molecule has 0 unspecified atom stereocenters. The van der Waals surface area contributed by atoms with E-state index in [9.17, 15) is 0 Å². The first-order valence-electron chi connectivity index (χ1n) is 7.72. The molecule has 22 heavy (non-hydrogen) atoms. The summed E-state index contributed by atoms with van der Waals surface area (Å²) in [5.41, 5.74) is 2.51. The van der Waals surface area contributed by atoms with Crippen LogP contribution in [0, 0.1) is 0 Å². The number of halogens is 1. The van der Waals surface area contributed by atoms with E-state index >= 15 is 0 Å². The third-order valence-corrected chi connectivity index (χ3v) is 4.27. The Labute approximate surface area is 136 Å². The fraction of sp³-hybridized carbons (Fsp3) is 0.471. The average molecular weight is 320 g/mol. The minimum Gasteiger partial charge on any atom is -0.383 e. The molecule has 3 rings (SSSR count). The summed E-state index contributed by atoms with van der Waals surface area (Å²) in [5.74, 6) is 0. The number of hydrogen-bond acceptors (Lipinski definition) is 3. The van der Waals surface area contributed by atoms with E-state index in [0.29, 0.717) is 12.6 Å². The highest BCUT2D eigenvalue weighted by Crippen LogP contribution is 2.30. The van der Waals surface area contributed by atoms with Gasteiger partial charge in [-0.2, -0.15) is 0 Å². The van der Waals surface area contributed by atoms with E-state index in [1.54, 1.807) is 7.11 Å². The van der Waals surface area contributed by atoms with Crippen LogP contribution in [0.4, 0.5) is 0 Å². The minimum absolute atomic E-state index is 0.685. The van der Waals surface area contributed by atoms with Crippen LogP contribution in [-0.2, 0) is 24.4 Å². The Hall–Kier alpha value is -1.36. The molecule has 4 nitrogen and oxygen atoms in total. The summed E-state index contributed by atoms with van der Waals surface area (Å²) in [4.78, 5) is 6.81. The normalized spacial score (nSPS) is 14.7. The molecule has 0 spiro atoms. The Balaban J connectivity index is 1.68. The summed E-state index contributed by atoms with van der Waals surface area (Å²) in [5, 5.41) is 0.804. The van der Waals surface area contributed by atoms with Crippen LogP contribution in [0.1, 0.15) is 24.1 Å². The van der Waals surface area contributed by atoms with Gasteiger partial charge in [0.25, 0.3) is 0 Å². The summed E-state index contributed by atoms with van der Waals surface area (Å²) in [7, 11) is 1.73. The van der Waals surface area contributed by atoms with Crippen molar-refractivity contribution in [2.24, 2.45) is 0 Å². The van der Waals surface area contributed by atoms with Crippen molar-refractivity contribution in [3.63, 3.8) is 0 Å². The maximum Gasteiger partial charge on any atom is 0.0949 e. The zero-order valence-electron chi connectivity index (χ0n) is 12.9. The number of ether oxygens (including phenoxy) is 1. The fourth-order valence-corrected chi connectivity index (χ4v) is 2.92. The van der Waals surface area contributed by atoms with E-state index in [1.165, 1.54) is 24.1 Å². The topological polar surface area (TPSA) is 30.3 Å². The van der Waals surface area contributed by atoms with E-state index in [2.05, 4.69) is 26.6 Å². The second kappa shape index (κ2) is 7.27. The van der Waals surface area contributed by atoms with Crippen molar-refractivity contribution >= 4 is 11.6 Å². The first-order valence-corrected chi connectivity index (χ1v) is 8.10. The lowest BCUT2D eigenvalue weighted by Gasteiger charge is -2.22. The van der Waals surface area contributed by atoms with Gasteiger partial charge in [-0.25, -0.2) is 4.98 Å². The summed E-state index contributed by atoms with van der Waals surface area (Å²) in [6, 6.07) is 8.82. The monoisotopic (exact) mass is 319 g/mol. The largest absolute Gasteiger partial charge is 0.383 e. The van der Waals surface area contributed by atoms with Crippen LogP contribution in [0.5, 0.6) is 0 Å². The second-order valence-electron chi connectivity index (χ2n) is 5.84. The summed E-state index contributed by atoms with van der Waals surface area (Å²) in [6.45, 7) is 3.41. The van der Waals surface area contributed by atoms with E-state index in [0.717, 1.165) is 24.7 Å². The van der Waals surface area contributed by atoms with Gasteiger partial charge >= 0.3 is 0 Å². The SMILES string of the molecule is COCCn1cncc1CN(Cc1cccc(Cl)c1)C1CC1. The van der Waals surface area contributed by atoms with Gasteiger partial charge in [0, 0.05) is 44.0 Å². The molecule has 5 heteroatoms. The number of benzene rings is 1. The highest BCUT2D eigenvalue weighted by molar-refractivity contribution is 6.30. The lowest BCUT2D eigenvalue weighted by Crippen LogP contribution is -2.26. The molecule has 0 amide bonds. The molecule has 1 saturated carbocycles. The molecular weight excluding hydrogens is 298 g/mol. The maximum absolute atomic E-state index is 6.10. The highest BCUT2D eigenvalue weighted by atomic mass is 35.5. The van der Waals surface area contributed by atoms with Crippen LogP contribution >= 0.6 is 11.6 Å². The van der Waals surface area contributed by atoms with Crippen LogP contribution in [0.15, 0.2) is 36.8 Å². The molecule has 1 aromatic carbocycles. The number of rotatable bonds is 8. The molecule has 118 valence electrons. The predicted octanol–water partition coefficient (Wildman–Crippen LogP) is 3.35. The van der Waals surface area contributed by atoms with Gasteiger partial charge in [0.05, 0.1) is 18.6 Å². The quantitative estimate of drug-likeness (QED) is 0.747. The molecule has 1 fully saturated rings. The van der Waals surface area contributed by atoms with Crippen LogP contribution in [0.25, 0.3) is 0 Å². The van der Waals surface area contributed by atoms with Crippen molar-refractivity contribution in [2.45, 2.75) is 38.5 Å². The zero-order chi connectivity index (χ0) is 15.4. The van der Waals surface area contributed by atoms with Crippen LogP contribution < -0.4 is 0 Å². The molecule has 0 bridgehead atoms. The molecule has 0 N–H and O–H groups in total. The van der Waals surface area contributed by atoms with Gasteiger partial charge in [-0.15, -0.1) is 0 Å². The number of nitrogens with zero attached hydrogens (tertiary/aromatic N) is 3. The molecule has 0 aliphatic heterocycles. The molecule has 0 saturated heterocycles.